The first-order valence-corrected chi connectivity index (χ1v) is 7.32. The summed E-state index contributed by atoms with van der Waals surface area (Å²) in [6.45, 7) is 3.14. The molecule has 0 radical (unpaired) electrons. The lowest BCUT2D eigenvalue weighted by Gasteiger charge is -2.34. The first-order valence-electron chi connectivity index (χ1n) is 6.94. The van der Waals surface area contributed by atoms with Crippen molar-refractivity contribution in [1.82, 2.24) is 14.7 Å². The summed E-state index contributed by atoms with van der Waals surface area (Å²) in [7, 11) is 3.51. The van der Waals surface area contributed by atoms with Crippen molar-refractivity contribution in [2.24, 2.45) is 0 Å². The van der Waals surface area contributed by atoms with Gasteiger partial charge in [0.15, 0.2) is 0 Å². The van der Waals surface area contributed by atoms with Crippen molar-refractivity contribution in [2.75, 3.05) is 46.8 Å². The molecule has 6 heteroatoms. The van der Waals surface area contributed by atoms with E-state index in [1.807, 2.05) is 4.90 Å². The first kappa shape index (κ1) is 15.8. The monoisotopic (exact) mass is 309 g/mol. The van der Waals surface area contributed by atoms with Crippen LogP contribution >= 0.6 is 11.6 Å². The van der Waals surface area contributed by atoms with Gasteiger partial charge in [-0.1, -0.05) is 11.6 Å². The molecule has 1 aliphatic heterocycles. The second kappa shape index (κ2) is 6.91. The Balaban J connectivity index is 1.87. The third kappa shape index (κ3) is 4.19. The van der Waals surface area contributed by atoms with E-state index in [-0.39, 0.29) is 11.8 Å². The summed E-state index contributed by atoms with van der Waals surface area (Å²) in [4.78, 5) is 29.5. The van der Waals surface area contributed by atoms with Crippen LogP contribution in [0.4, 0.5) is 0 Å². The number of hydrogen-bond acceptors (Lipinski definition) is 3. The van der Waals surface area contributed by atoms with Crippen molar-refractivity contribution < 1.29 is 9.59 Å². The molecule has 0 spiro atoms. The van der Waals surface area contributed by atoms with Gasteiger partial charge < -0.3 is 9.80 Å². The Morgan fingerprint density at radius 2 is 1.67 bits per heavy atom. The molecule has 1 fully saturated rings. The molecule has 2 rings (SSSR count). The second-order valence-electron chi connectivity index (χ2n) is 5.36. The summed E-state index contributed by atoms with van der Waals surface area (Å²) in [5, 5.41) is 0.624. The number of nitrogens with zero attached hydrogens (tertiary/aromatic N) is 3. The van der Waals surface area contributed by atoms with Gasteiger partial charge in [-0.05, 0) is 24.3 Å². The molecule has 0 unspecified atom stereocenters. The highest BCUT2D eigenvalue weighted by molar-refractivity contribution is 6.30. The van der Waals surface area contributed by atoms with Crippen molar-refractivity contribution in [1.29, 1.82) is 0 Å². The van der Waals surface area contributed by atoms with Crippen LogP contribution in [0.15, 0.2) is 24.3 Å². The molecule has 0 aromatic heterocycles. The number of carbonyl (C=O) groups is 2. The van der Waals surface area contributed by atoms with Gasteiger partial charge >= 0.3 is 0 Å². The topological polar surface area (TPSA) is 43.9 Å². The lowest BCUT2D eigenvalue weighted by atomic mass is 10.2. The molecule has 2 amide bonds. The molecule has 1 aliphatic rings. The number of hydrogen-bond donors (Lipinski definition) is 0. The standard InChI is InChI=1S/C15H20ClN3O2/c1-17(2)14(20)11-18-7-9-19(10-8-18)15(21)12-3-5-13(16)6-4-12/h3-6H,7-11H2,1-2H3. The van der Waals surface area contributed by atoms with Crippen LogP contribution in [0.1, 0.15) is 10.4 Å². The molecule has 0 N–H and O–H groups in total. The van der Waals surface area contributed by atoms with Crippen molar-refractivity contribution in [3.8, 4) is 0 Å². The van der Waals surface area contributed by atoms with Crippen LogP contribution in [-0.2, 0) is 4.79 Å². The van der Waals surface area contributed by atoms with E-state index in [0.717, 1.165) is 13.1 Å². The third-order valence-electron chi connectivity index (χ3n) is 3.61. The number of rotatable bonds is 3. The summed E-state index contributed by atoms with van der Waals surface area (Å²) in [5.41, 5.74) is 0.650. The maximum Gasteiger partial charge on any atom is 0.253 e. The van der Waals surface area contributed by atoms with Crippen LogP contribution < -0.4 is 0 Å². The van der Waals surface area contributed by atoms with E-state index >= 15 is 0 Å². The van der Waals surface area contributed by atoms with E-state index in [2.05, 4.69) is 4.90 Å². The molecular weight excluding hydrogens is 290 g/mol. The zero-order valence-corrected chi connectivity index (χ0v) is 13.1. The lowest BCUT2D eigenvalue weighted by Crippen LogP contribution is -2.51. The predicted molar refractivity (Wildman–Crippen MR) is 82.5 cm³/mol. The Morgan fingerprint density at radius 1 is 1.10 bits per heavy atom. The summed E-state index contributed by atoms with van der Waals surface area (Å²) in [5.74, 6) is 0.109. The second-order valence-corrected chi connectivity index (χ2v) is 5.80. The number of carbonyl (C=O) groups excluding carboxylic acids is 2. The van der Waals surface area contributed by atoms with Gasteiger partial charge in [0, 0.05) is 50.9 Å². The molecule has 114 valence electrons. The van der Waals surface area contributed by atoms with E-state index in [4.69, 9.17) is 11.6 Å². The minimum Gasteiger partial charge on any atom is -0.348 e. The van der Waals surface area contributed by atoms with E-state index in [9.17, 15) is 9.59 Å². The lowest BCUT2D eigenvalue weighted by molar-refractivity contribution is -0.130. The molecule has 5 nitrogen and oxygen atoms in total. The summed E-state index contributed by atoms with van der Waals surface area (Å²) in [6.07, 6.45) is 0. The predicted octanol–water partition coefficient (Wildman–Crippen LogP) is 1.19. The van der Waals surface area contributed by atoms with E-state index in [0.29, 0.717) is 30.2 Å². The molecule has 1 saturated heterocycles. The molecule has 0 aliphatic carbocycles. The average molecular weight is 310 g/mol. The number of likely N-dealkylation sites (N-methyl/N-ethyl adjacent to an activating group) is 1. The fraction of sp³-hybridized carbons (Fsp3) is 0.467. The number of piperazine rings is 1. The van der Waals surface area contributed by atoms with Gasteiger partial charge in [-0.3, -0.25) is 14.5 Å². The Morgan fingerprint density at radius 3 is 2.19 bits per heavy atom. The molecule has 1 aromatic carbocycles. The largest absolute Gasteiger partial charge is 0.348 e. The summed E-state index contributed by atoms with van der Waals surface area (Å²) >= 11 is 5.83. The van der Waals surface area contributed by atoms with E-state index in [1.165, 1.54) is 0 Å². The van der Waals surface area contributed by atoms with Gasteiger partial charge in [-0.2, -0.15) is 0 Å². The molecule has 0 saturated carbocycles. The van der Waals surface area contributed by atoms with Crippen LogP contribution in [0.5, 0.6) is 0 Å². The maximum absolute atomic E-state index is 12.3. The van der Waals surface area contributed by atoms with Gasteiger partial charge in [0.05, 0.1) is 6.54 Å². The molecule has 1 heterocycles. The molecule has 0 atom stereocenters. The average Bonchev–Trinajstić information content (AvgIpc) is 2.48. The van der Waals surface area contributed by atoms with Crippen molar-refractivity contribution >= 4 is 23.4 Å². The van der Waals surface area contributed by atoms with E-state index in [1.54, 1.807) is 43.3 Å². The Labute approximate surface area is 130 Å². The minimum absolute atomic E-state index is 0.0188. The third-order valence-corrected chi connectivity index (χ3v) is 3.86. The highest BCUT2D eigenvalue weighted by atomic mass is 35.5. The zero-order chi connectivity index (χ0) is 15.4. The molecule has 1 aromatic rings. The van der Waals surface area contributed by atoms with Crippen LogP contribution in [0, 0.1) is 0 Å². The highest BCUT2D eigenvalue weighted by Crippen LogP contribution is 2.13. The van der Waals surface area contributed by atoms with Crippen LogP contribution in [-0.4, -0.2) is 73.3 Å². The van der Waals surface area contributed by atoms with Gasteiger partial charge in [-0.25, -0.2) is 0 Å². The SMILES string of the molecule is CN(C)C(=O)CN1CCN(C(=O)c2ccc(Cl)cc2)CC1. The van der Waals surface area contributed by atoms with Crippen molar-refractivity contribution in [3.63, 3.8) is 0 Å². The molecular formula is C15H20ClN3O2. The Kier molecular flexibility index (Phi) is 5.20. The summed E-state index contributed by atoms with van der Waals surface area (Å²) in [6, 6.07) is 6.93. The van der Waals surface area contributed by atoms with Gasteiger partial charge in [0.1, 0.15) is 0 Å². The molecule has 21 heavy (non-hydrogen) atoms. The van der Waals surface area contributed by atoms with Gasteiger partial charge in [0.25, 0.3) is 5.91 Å². The minimum atomic E-state index is 0.0188. The van der Waals surface area contributed by atoms with Crippen LogP contribution in [0.3, 0.4) is 0 Å². The molecule has 0 bridgehead atoms. The number of benzene rings is 1. The van der Waals surface area contributed by atoms with Gasteiger partial charge in [-0.15, -0.1) is 0 Å². The Hall–Kier alpha value is -1.59. The fourth-order valence-electron chi connectivity index (χ4n) is 2.22. The summed E-state index contributed by atoms with van der Waals surface area (Å²) < 4.78 is 0. The maximum atomic E-state index is 12.3. The first-order chi connectivity index (χ1) is 9.97. The van der Waals surface area contributed by atoms with Crippen molar-refractivity contribution in [2.45, 2.75) is 0 Å². The van der Waals surface area contributed by atoms with Crippen LogP contribution in [0.25, 0.3) is 0 Å². The number of amides is 2. The normalized spacial score (nSPS) is 15.9. The van der Waals surface area contributed by atoms with Crippen molar-refractivity contribution in [3.05, 3.63) is 34.9 Å². The highest BCUT2D eigenvalue weighted by Gasteiger charge is 2.23. The van der Waals surface area contributed by atoms with E-state index < -0.39 is 0 Å². The smallest absolute Gasteiger partial charge is 0.253 e. The fourth-order valence-corrected chi connectivity index (χ4v) is 2.34. The Bertz CT molecular complexity index is 508. The van der Waals surface area contributed by atoms with Crippen LogP contribution in [0.2, 0.25) is 5.02 Å². The quantitative estimate of drug-likeness (QED) is 0.842. The zero-order valence-electron chi connectivity index (χ0n) is 12.4. The number of halogens is 1. The van der Waals surface area contributed by atoms with Gasteiger partial charge in [0.2, 0.25) is 5.91 Å².